The summed E-state index contributed by atoms with van der Waals surface area (Å²) in [5.41, 5.74) is 1.73. The maximum absolute atomic E-state index is 12.7. The van der Waals surface area contributed by atoms with Crippen LogP contribution in [0.25, 0.3) is 0 Å². The Morgan fingerprint density at radius 3 is 2.53 bits per heavy atom. The van der Waals surface area contributed by atoms with E-state index in [-0.39, 0.29) is 27.8 Å². The molecule has 1 amide bonds. The van der Waals surface area contributed by atoms with Crippen LogP contribution in [0, 0.1) is 6.92 Å². The van der Waals surface area contributed by atoms with Gasteiger partial charge in [-0.1, -0.05) is 35.9 Å². The average Bonchev–Trinajstić information content (AvgIpc) is 2.71. The quantitative estimate of drug-likeness (QED) is 0.476. The lowest BCUT2D eigenvalue weighted by atomic mass is 10.2. The summed E-state index contributed by atoms with van der Waals surface area (Å²) >= 11 is 6.11. The van der Waals surface area contributed by atoms with Gasteiger partial charge in [-0.25, -0.2) is 8.42 Å². The van der Waals surface area contributed by atoms with Crippen LogP contribution in [0.1, 0.15) is 21.5 Å². The third-order valence-electron chi connectivity index (χ3n) is 4.34. The number of hydrogen-bond acceptors (Lipinski definition) is 4. The number of alkyl halides is 2. The molecule has 0 bridgehead atoms. The van der Waals surface area contributed by atoms with Crippen LogP contribution >= 0.6 is 11.6 Å². The van der Waals surface area contributed by atoms with Crippen molar-refractivity contribution in [2.45, 2.75) is 25.0 Å². The fourth-order valence-corrected chi connectivity index (χ4v) is 4.16. The van der Waals surface area contributed by atoms with E-state index in [2.05, 4.69) is 14.8 Å². The zero-order valence-corrected chi connectivity index (χ0v) is 18.4. The molecule has 0 spiro atoms. The van der Waals surface area contributed by atoms with Gasteiger partial charge in [0, 0.05) is 12.2 Å². The van der Waals surface area contributed by atoms with Crippen molar-refractivity contribution in [3.05, 3.63) is 88.4 Å². The van der Waals surface area contributed by atoms with Crippen molar-refractivity contribution in [2.24, 2.45) is 0 Å². The van der Waals surface area contributed by atoms with Crippen LogP contribution in [0.5, 0.6) is 5.75 Å². The first-order valence-electron chi connectivity index (χ1n) is 9.35. The minimum Gasteiger partial charge on any atom is -0.435 e. The van der Waals surface area contributed by atoms with Crippen LogP contribution in [-0.4, -0.2) is 20.9 Å². The third-order valence-corrected chi connectivity index (χ3v) is 6.05. The smallest absolute Gasteiger partial charge is 0.387 e. The number of benzene rings is 3. The zero-order valence-electron chi connectivity index (χ0n) is 16.8. The monoisotopic (exact) mass is 480 g/mol. The van der Waals surface area contributed by atoms with Crippen LogP contribution in [0.4, 0.5) is 14.5 Å². The average molecular weight is 481 g/mol. The maximum atomic E-state index is 12.7. The molecular weight excluding hydrogens is 462 g/mol. The van der Waals surface area contributed by atoms with Crippen molar-refractivity contribution in [3.8, 4) is 5.75 Å². The number of amides is 1. The van der Waals surface area contributed by atoms with Crippen molar-refractivity contribution >= 4 is 33.2 Å². The molecule has 0 aliphatic heterocycles. The third kappa shape index (κ3) is 6.18. The second-order valence-corrected chi connectivity index (χ2v) is 8.91. The second-order valence-electron chi connectivity index (χ2n) is 6.83. The normalized spacial score (nSPS) is 11.3. The van der Waals surface area contributed by atoms with E-state index in [1.54, 1.807) is 24.3 Å². The van der Waals surface area contributed by atoms with Crippen molar-refractivity contribution in [1.29, 1.82) is 0 Å². The molecule has 6 nitrogen and oxygen atoms in total. The van der Waals surface area contributed by atoms with Gasteiger partial charge in [0.05, 0.1) is 15.5 Å². The van der Waals surface area contributed by atoms with Crippen LogP contribution in [-0.2, 0) is 16.6 Å². The highest BCUT2D eigenvalue weighted by atomic mass is 35.5. The standard InChI is InChI=1S/C22H19ClF2N2O4S/c1-14-4-2-6-16(10-14)27-32(29,30)18-8-9-20(23)19(12-18)21(28)26-13-15-5-3-7-17(11-15)31-22(24)25/h2-12,22,27H,13H2,1H3,(H,26,28). The Morgan fingerprint density at radius 1 is 1.06 bits per heavy atom. The minimum atomic E-state index is -3.96. The SMILES string of the molecule is Cc1cccc(NS(=O)(=O)c2ccc(Cl)c(C(=O)NCc3cccc(OC(F)F)c3)c2)c1. The van der Waals surface area contributed by atoms with E-state index >= 15 is 0 Å². The molecule has 0 saturated heterocycles. The molecule has 0 heterocycles. The molecule has 0 saturated carbocycles. The lowest BCUT2D eigenvalue weighted by molar-refractivity contribution is -0.0498. The Kier molecular flexibility index (Phi) is 7.32. The molecule has 0 atom stereocenters. The number of nitrogens with one attached hydrogen (secondary N) is 2. The molecule has 0 aromatic heterocycles. The molecule has 0 fully saturated rings. The molecule has 32 heavy (non-hydrogen) atoms. The van der Waals surface area contributed by atoms with Gasteiger partial charge in [-0.15, -0.1) is 0 Å². The summed E-state index contributed by atoms with van der Waals surface area (Å²) in [5.74, 6) is -0.664. The van der Waals surface area contributed by atoms with Crippen molar-refractivity contribution < 1.29 is 26.7 Å². The lowest BCUT2D eigenvalue weighted by Crippen LogP contribution is -2.24. The highest BCUT2D eigenvalue weighted by Gasteiger charge is 2.19. The number of carbonyl (C=O) groups is 1. The van der Waals surface area contributed by atoms with E-state index in [0.717, 1.165) is 5.56 Å². The number of hydrogen-bond donors (Lipinski definition) is 2. The molecule has 0 aliphatic rings. The Bertz CT molecular complexity index is 1240. The largest absolute Gasteiger partial charge is 0.435 e. The van der Waals surface area contributed by atoms with Gasteiger partial charge in [-0.2, -0.15) is 8.78 Å². The van der Waals surface area contributed by atoms with E-state index in [4.69, 9.17) is 11.6 Å². The summed E-state index contributed by atoms with van der Waals surface area (Å²) in [5, 5.41) is 2.65. The minimum absolute atomic E-state index is 0.00583. The van der Waals surface area contributed by atoms with Gasteiger partial charge in [0.2, 0.25) is 0 Å². The Morgan fingerprint density at radius 2 is 1.81 bits per heavy atom. The molecule has 2 N–H and O–H groups in total. The van der Waals surface area contributed by atoms with Gasteiger partial charge in [0.15, 0.2) is 0 Å². The molecular formula is C22H19ClF2N2O4S. The maximum Gasteiger partial charge on any atom is 0.387 e. The number of rotatable bonds is 8. The fourth-order valence-electron chi connectivity index (χ4n) is 2.88. The van der Waals surface area contributed by atoms with E-state index < -0.39 is 22.5 Å². The Balaban J connectivity index is 1.75. The molecule has 3 rings (SSSR count). The summed E-state index contributed by atoms with van der Waals surface area (Å²) in [6.45, 7) is -1.14. The molecule has 0 aliphatic carbocycles. The van der Waals surface area contributed by atoms with Crippen molar-refractivity contribution in [1.82, 2.24) is 5.32 Å². The fraction of sp³-hybridized carbons (Fsp3) is 0.136. The number of aryl methyl sites for hydroxylation is 1. The lowest BCUT2D eigenvalue weighted by Gasteiger charge is -2.12. The Hall–Kier alpha value is -3.17. The van der Waals surface area contributed by atoms with Crippen LogP contribution < -0.4 is 14.8 Å². The molecule has 10 heteroatoms. The van der Waals surface area contributed by atoms with Gasteiger partial charge in [-0.3, -0.25) is 9.52 Å². The molecule has 3 aromatic rings. The topological polar surface area (TPSA) is 84.5 Å². The molecule has 168 valence electrons. The van der Waals surface area contributed by atoms with E-state index in [1.165, 1.54) is 36.4 Å². The summed E-state index contributed by atoms with van der Waals surface area (Å²) in [4.78, 5) is 12.5. The van der Waals surface area contributed by atoms with Crippen molar-refractivity contribution in [2.75, 3.05) is 4.72 Å². The van der Waals surface area contributed by atoms with Crippen LogP contribution in [0.15, 0.2) is 71.6 Å². The molecule has 0 radical (unpaired) electrons. The first-order chi connectivity index (χ1) is 15.1. The van der Waals surface area contributed by atoms with Gasteiger partial charge in [0.1, 0.15) is 5.75 Å². The molecule has 0 unspecified atom stereocenters. The summed E-state index contributed by atoms with van der Waals surface area (Å²) in [6, 6.07) is 16.5. The van der Waals surface area contributed by atoms with Gasteiger partial charge in [-0.05, 0) is 60.5 Å². The van der Waals surface area contributed by atoms with E-state index in [9.17, 15) is 22.0 Å². The number of anilines is 1. The highest BCUT2D eigenvalue weighted by Crippen LogP contribution is 2.23. The summed E-state index contributed by atoms with van der Waals surface area (Å²) < 4.78 is 57.0. The number of carbonyl (C=O) groups excluding carboxylic acids is 1. The second kappa shape index (κ2) is 9.97. The first kappa shape index (κ1) is 23.5. The number of sulfonamides is 1. The predicted octanol–water partition coefficient (Wildman–Crippen LogP) is 4.98. The molecule has 3 aromatic carbocycles. The zero-order chi connectivity index (χ0) is 23.3. The number of ether oxygens (including phenoxy) is 1. The highest BCUT2D eigenvalue weighted by molar-refractivity contribution is 7.92. The van der Waals surface area contributed by atoms with Gasteiger partial charge < -0.3 is 10.1 Å². The first-order valence-corrected chi connectivity index (χ1v) is 11.2. The van der Waals surface area contributed by atoms with Crippen molar-refractivity contribution in [3.63, 3.8) is 0 Å². The van der Waals surface area contributed by atoms with Gasteiger partial charge >= 0.3 is 6.61 Å². The predicted molar refractivity (Wildman–Crippen MR) is 118 cm³/mol. The van der Waals surface area contributed by atoms with Crippen LogP contribution in [0.3, 0.4) is 0 Å². The van der Waals surface area contributed by atoms with E-state index in [0.29, 0.717) is 11.3 Å². The van der Waals surface area contributed by atoms with E-state index in [1.807, 2.05) is 13.0 Å². The van der Waals surface area contributed by atoms with Gasteiger partial charge in [0.25, 0.3) is 15.9 Å². The summed E-state index contributed by atoms with van der Waals surface area (Å²) in [7, 11) is -3.96. The summed E-state index contributed by atoms with van der Waals surface area (Å²) in [6.07, 6.45) is 0. The van der Waals surface area contributed by atoms with Crippen LogP contribution in [0.2, 0.25) is 5.02 Å². The number of halogens is 3. The Labute approximate surface area is 189 Å².